The van der Waals surface area contributed by atoms with Crippen molar-refractivity contribution >= 4 is 26.6 Å². The molecule has 6 nitrogen and oxygen atoms in total. The van der Waals surface area contributed by atoms with Crippen LogP contribution in [0.1, 0.15) is 16.4 Å². The molecule has 4 rings (SSSR count). The summed E-state index contributed by atoms with van der Waals surface area (Å²) in [5.41, 5.74) is 2.36. The number of aromatic amines is 1. The maximum atomic E-state index is 13.3. The van der Waals surface area contributed by atoms with Crippen molar-refractivity contribution in [1.82, 2.24) is 15.3 Å². The van der Waals surface area contributed by atoms with Crippen molar-refractivity contribution in [3.8, 4) is 0 Å². The summed E-state index contributed by atoms with van der Waals surface area (Å²) in [6, 6.07) is 19.4. The topological polar surface area (TPSA) is 91.9 Å². The molecule has 2 heterocycles. The minimum absolute atomic E-state index is 0.0376. The summed E-state index contributed by atoms with van der Waals surface area (Å²) >= 11 is 0. The summed E-state index contributed by atoms with van der Waals surface area (Å²) in [5, 5.41) is 2.85. The summed E-state index contributed by atoms with van der Waals surface area (Å²) < 4.78 is 26.5. The van der Waals surface area contributed by atoms with Crippen molar-refractivity contribution in [3.63, 3.8) is 0 Å². The van der Waals surface area contributed by atoms with E-state index in [1.54, 1.807) is 48.7 Å². The van der Waals surface area contributed by atoms with E-state index in [0.717, 1.165) is 16.5 Å². The number of hydrogen-bond acceptors (Lipinski definition) is 4. The molecule has 2 N–H and O–H groups in total. The van der Waals surface area contributed by atoms with Crippen molar-refractivity contribution in [3.05, 3.63) is 96.4 Å². The van der Waals surface area contributed by atoms with E-state index in [1.165, 1.54) is 6.20 Å². The third kappa shape index (κ3) is 4.11. The monoisotopic (exact) mass is 419 g/mol. The Morgan fingerprint density at radius 1 is 1.00 bits per heavy atom. The lowest BCUT2D eigenvalue weighted by molar-refractivity contribution is -0.120. The van der Waals surface area contributed by atoms with Crippen LogP contribution >= 0.6 is 0 Å². The van der Waals surface area contributed by atoms with Crippen LogP contribution in [-0.2, 0) is 21.1 Å². The molecule has 0 saturated heterocycles. The van der Waals surface area contributed by atoms with Gasteiger partial charge in [-0.05, 0) is 35.4 Å². The molecular formula is C23H21N3O3S. The lowest BCUT2D eigenvalue weighted by atomic mass is 10.1. The van der Waals surface area contributed by atoms with Crippen LogP contribution in [0.3, 0.4) is 0 Å². The van der Waals surface area contributed by atoms with Gasteiger partial charge < -0.3 is 10.3 Å². The average molecular weight is 420 g/mol. The number of aromatic nitrogens is 2. The average Bonchev–Trinajstić information content (AvgIpc) is 3.18. The summed E-state index contributed by atoms with van der Waals surface area (Å²) in [7, 11) is -3.71. The molecule has 30 heavy (non-hydrogen) atoms. The van der Waals surface area contributed by atoms with E-state index in [-0.39, 0.29) is 23.8 Å². The van der Waals surface area contributed by atoms with Gasteiger partial charge in [-0.2, -0.15) is 0 Å². The number of amides is 1. The van der Waals surface area contributed by atoms with Gasteiger partial charge in [0.2, 0.25) is 5.91 Å². The molecule has 0 aliphatic carbocycles. The number of benzene rings is 2. The molecule has 2 aromatic carbocycles. The molecule has 0 radical (unpaired) electrons. The van der Waals surface area contributed by atoms with E-state index in [0.29, 0.717) is 5.56 Å². The number of nitrogens with zero attached hydrogens (tertiary/aromatic N) is 1. The maximum Gasteiger partial charge on any atom is 0.224 e. The summed E-state index contributed by atoms with van der Waals surface area (Å²) in [6.07, 6.45) is 5.08. The van der Waals surface area contributed by atoms with Gasteiger partial charge in [-0.15, -0.1) is 0 Å². The largest absolute Gasteiger partial charge is 0.361 e. The molecule has 1 amide bonds. The van der Waals surface area contributed by atoms with Gasteiger partial charge in [0.1, 0.15) is 5.25 Å². The Kier molecular flexibility index (Phi) is 5.63. The highest BCUT2D eigenvalue weighted by molar-refractivity contribution is 7.91. The molecule has 0 aliphatic rings. The van der Waals surface area contributed by atoms with Gasteiger partial charge in [-0.25, -0.2) is 8.42 Å². The fourth-order valence-corrected chi connectivity index (χ4v) is 5.13. The molecule has 7 heteroatoms. The zero-order valence-corrected chi connectivity index (χ0v) is 17.0. The number of fused-ring (bicyclic) bond motifs is 1. The third-order valence-electron chi connectivity index (χ3n) is 5.01. The highest BCUT2D eigenvalue weighted by Gasteiger charge is 2.29. The van der Waals surface area contributed by atoms with Crippen LogP contribution in [0, 0.1) is 0 Å². The number of hydrogen-bond donors (Lipinski definition) is 2. The van der Waals surface area contributed by atoms with E-state index in [2.05, 4.69) is 15.3 Å². The fourth-order valence-electron chi connectivity index (χ4n) is 3.47. The van der Waals surface area contributed by atoms with Crippen LogP contribution < -0.4 is 5.32 Å². The van der Waals surface area contributed by atoms with Crippen molar-refractivity contribution in [2.45, 2.75) is 16.6 Å². The van der Waals surface area contributed by atoms with Crippen LogP contribution in [0.5, 0.6) is 0 Å². The molecule has 0 fully saturated rings. The molecule has 0 aliphatic heterocycles. The van der Waals surface area contributed by atoms with Crippen molar-refractivity contribution in [2.75, 3.05) is 6.54 Å². The van der Waals surface area contributed by atoms with Gasteiger partial charge in [0, 0.05) is 36.0 Å². The smallest absolute Gasteiger partial charge is 0.224 e. The summed E-state index contributed by atoms with van der Waals surface area (Å²) in [4.78, 5) is 20.0. The predicted molar refractivity (Wildman–Crippen MR) is 116 cm³/mol. The zero-order valence-electron chi connectivity index (χ0n) is 16.2. The van der Waals surface area contributed by atoms with Crippen LogP contribution in [0.2, 0.25) is 0 Å². The number of carbonyl (C=O) groups excluding carboxylic acids is 1. The Balaban J connectivity index is 1.54. The van der Waals surface area contributed by atoms with E-state index in [1.807, 2.05) is 30.5 Å². The lowest BCUT2D eigenvalue weighted by Gasteiger charge is -2.18. The number of sulfone groups is 1. The first kappa shape index (κ1) is 19.8. The maximum absolute atomic E-state index is 13.3. The second-order valence-corrected chi connectivity index (χ2v) is 9.10. The SMILES string of the molecule is O=C(Cc1c[nH]c2ccccc12)NCC(c1cccnc1)S(=O)(=O)c1ccccc1. The van der Waals surface area contributed by atoms with Gasteiger partial charge in [-0.3, -0.25) is 9.78 Å². The molecule has 1 unspecified atom stereocenters. The van der Waals surface area contributed by atoms with E-state index < -0.39 is 15.1 Å². The Hall–Kier alpha value is -3.45. The second-order valence-electron chi connectivity index (χ2n) is 6.97. The van der Waals surface area contributed by atoms with Crippen LogP contribution in [0.25, 0.3) is 10.9 Å². The van der Waals surface area contributed by atoms with Gasteiger partial charge in [-0.1, -0.05) is 42.5 Å². The highest BCUT2D eigenvalue weighted by Crippen LogP contribution is 2.28. The van der Waals surface area contributed by atoms with Crippen LogP contribution in [0.15, 0.2) is 90.2 Å². The predicted octanol–water partition coefficient (Wildman–Crippen LogP) is 3.44. The van der Waals surface area contributed by atoms with E-state index >= 15 is 0 Å². The quantitative estimate of drug-likeness (QED) is 0.480. The minimum atomic E-state index is -3.71. The normalized spacial score (nSPS) is 12.5. The number of nitrogens with one attached hydrogen (secondary N) is 2. The zero-order chi connectivity index (χ0) is 21.0. The number of rotatable bonds is 7. The second kappa shape index (κ2) is 8.51. The van der Waals surface area contributed by atoms with Gasteiger partial charge in [0.25, 0.3) is 0 Å². The minimum Gasteiger partial charge on any atom is -0.361 e. The van der Waals surface area contributed by atoms with Gasteiger partial charge in [0.15, 0.2) is 9.84 Å². The van der Waals surface area contributed by atoms with E-state index in [9.17, 15) is 13.2 Å². The standard InChI is InChI=1S/C23H21N3O3S/c27-23(13-18-15-25-21-11-5-4-10-20(18)21)26-16-22(17-7-6-12-24-14-17)30(28,29)19-8-2-1-3-9-19/h1-12,14-15,22,25H,13,16H2,(H,26,27). The molecule has 4 aromatic rings. The molecule has 1 atom stereocenters. The Labute approximate surface area is 174 Å². The Morgan fingerprint density at radius 2 is 1.77 bits per heavy atom. The first-order valence-corrected chi connectivity index (χ1v) is 11.1. The molecule has 0 spiro atoms. The van der Waals surface area contributed by atoms with Crippen LogP contribution in [-0.4, -0.2) is 30.8 Å². The van der Waals surface area contributed by atoms with Crippen molar-refractivity contribution < 1.29 is 13.2 Å². The van der Waals surface area contributed by atoms with Gasteiger partial charge in [0.05, 0.1) is 11.3 Å². The Bertz CT molecular complexity index is 1250. The number of para-hydroxylation sites is 1. The highest BCUT2D eigenvalue weighted by atomic mass is 32.2. The lowest BCUT2D eigenvalue weighted by Crippen LogP contribution is -2.33. The fraction of sp³-hybridized carbons (Fsp3) is 0.130. The summed E-state index contributed by atoms with van der Waals surface area (Å²) in [5.74, 6) is -0.239. The van der Waals surface area contributed by atoms with E-state index in [4.69, 9.17) is 0 Å². The first-order chi connectivity index (χ1) is 14.6. The van der Waals surface area contributed by atoms with Crippen molar-refractivity contribution in [2.24, 2.45) is 0 Å². The number of H-pyrrole nitrogens is 1. The number of carbonyl (C=O) groups is 1. The van der Waals surface area contributed by atoms with Gasteiger partial charge >= 0.3 is 0 Å². The third-order valence-corrected chi connectivity index (χ3v) is 7.13. The summed E-state index contributed by atoms with van der Waals surface area (Å²) in [6.45, 7) is -0.0376. The molecule has 0 saturated carbocycles. The number of pyridine rings is 1. The molecule has 0 bridgehead atoms. The van der Waals surface area contributed by atoms with Crippen molar-refractivity contribution in [1.29, 1.82) is 0 Å². The molecule has 2 aromatic heterocycles. The molecular weight excluding hydrogens is 398 g/mol. The first-order valence-electron chi connectivity index (χ1n) is 9.56. The molecule has 152 valence electrons. The Morgan fingerprint density at radius 3 is 2.53 bits per heavy atom. The van der Waals surface area contributed by atoms with Crippen LogP contribution in [0.4, 0.5) is 0 Å².